The molecule has 0 saturated heterocycles. The van der Waals surface area contributed by atoms with Crippen LogP contribution in [0, 0.1) is 13.8 Å². The van der Waals surface area contributed by atoms with E-state index in [0.29, 0.717) is 29.4 Å². The van der Waals surface area contributed by atoms with Gasteiger partial charge in [0, 0.05) is 13.7 Å². The number of ether oxygens (including phenoxy) is 1. The molecule has 0 aliphatic rings. The predicted molar refractivity (Wildman–Crippen MR) is 88.0 cm³/mol. The third kappa shape index (κ3) is 5.15. The molecule has 0 fully saturated rings. The van der Waals surface area contributed by atoms with Crippen molar-refractivity contribution in [3.8, 4) is 0 Å². The zero-order chi connectivity index (χ0) is 16.9. The topological polar surface area (TPSA) is 75.7 Å². The summed E-state index contributed by atoms with van der Waals surface area (Å²) >= 11 is 6.19. The lowest BCUT2D eigenvalue weighted by Crippen LogP contribution is -2.41. The molecule has 1 aromatic rings. The van der Waals surface area contributed by atoms with Gasteiger partial charge in [-0.05, 0) is 31.0 Å². The molecule has 1 N–H and O–H groups in total. The van der Waals surface area contributed by atoms with Gasteiger partial charge in [0.05, 0.1) is 23.6 Å². The van der Waals surface area contributed by atoms with Crippen molar-refractivity contribution in [2.75, 3.05) is 37.4 Å². The van der Waals surface area contributed by atoms with Gasteiger partial charge in [-0.15, -0.1) is 0 Å². The Hall–Kier alpha value is -1.31. The van der Waals surface area contributed by atoms with Gasteiger partial charge in [0.1, 0.15) is 6.54 Å². The highest BCUT2D eigenvalue weighted by Gasteiger charge is 2.24. The Morgan fingerprint density at radius 3 is 2.50 bits per heavy atom. The Morgan fingerprint density at radius 1 is 1.36 bits per heavy atom. The van der Waals surface area contributed by atoms with Crippen LogP contribution in [0.2, 0.25) is 5.02 Å². The second kappa shape index (κ2) is 7.80. The number of methoxy groups -OCH3 is 1. The summed E-state index contributed by atoms with van der Waals surface area (Å²) in [5.41, 5.74) is 1.95. The first kappa shape index (κ1) is 18.7. The molecule has 124 valence electrons. The summed E-state index contributed by atoms with van der Waals surface area (Å²) in [4.78, 5) is 11.9. The molecule has 0 heterocycles. The molecule has 0 unspecified atom stereocenters. The van der Waals surface area contributed by atoms with Gasteiger partial charge >= 0.3 is 0 Å². The van der Waals surface area contributed by atoms with Crippen molar-refractivity contribution < 1.29 is 17.9 Å². The van der Waals surface area contributed by atoms with E-state index in [-0.39, 0.29) is 6.54 Å². The van der Waals surface area contributed by atoms with Crippen molar-refractivity contribution in [3.05, 3.63) is 28.3 Å². The molecule has 0 bridgehead atoms. The minimum Gasteiger partial charge on any atom is -0.383 e. The minimum atomic E-state index is -3.64. The zero-order valence-corrected chi connectivity index (χ0v) is 14.7. The van der Waals surface area contributed by atoms with Crippen LogP contribution in [0.25, 0.3) is 0 Å². The fraction of sp³-hybridized carbons (Fsp3) is 0.500. The summed E-state index contributed by atoms with van der Waals surface area (Å²) in [6.07, 6.45) is 1.05. The Bertz CT molecular complexity index is 623. The lowest BCUT2D eigenvalue weighted by molar-refractivity contribution is -0.119. The number of rotatable bonds is 7. The number of aryl methyl sites for hydroxylation is 2. The number of hydrogen-bond donors (Lipinski definition) is 1. The molecule has 6 nitrogen and oxygen atoms in total. The summed E-state index contributed by atoms with van der Waals surface area (Å²) < 4.78 is 30.0. The molecule has 0 radical (unpaired) electrons. The van der Waals surface area contributed by atoms with E-state index >= 15 is 0 Å². The summed E-state index contributed by atoms with van der Waals surface area (Å²) in [6.45, 7) is 3.97. The second-order valence-electron chi connectivity index (χ2n) is 5.02. The van der Waals surface area contributed by atoms with E-state index in [2.05, 4.69) is 5.32 Å². The van der Waals surface area contributed by atoms with Crippen LogP contribution in [0.4, 0.5) is 5.69 Å². The lowest BCUT2D eigenvalue weighted by atomic mass is 10.1. The number of nitrogens with zero attached hydrogens (tertiary/aromatic N) is 1. The molecule has 0 aromatic heterocycles. The first-order valence-electron chi connectivity index (χ1n) is 6.67. The molecule has 1 aromatic carbocycles. The van der Waals surface area contributed by atoms with Crippen LogP contribution in [0.5, 0.6) is 0 Å². The van der Waals surface area contributed by atoms with Gasteiger partial charge in [-0.3, -0.25) is 9.10 Å². The van der Waals surface area contributed by atoms with Crippen LogP contribution in [0.15, 0.2) is 12.1 Å². The Kier molecular flexibility index (Phi) is 6.65. The van der Waals surface area contributed by atoms with Crippen molar-refractivity contribution in [1.29, 1.82) is 0 Å². The summed E-state index contributed by atoms with van der Waals surface area (Å²) in [5, 5.41) is 2.89. The number of carbonyl (C=O) groups is 1. The normalized spacial score (nSPS) is 11.3. The fourth-order valence-corrected chi connectivity index (χ4v) is 3.46. The van der Waals surface area contributed by atoms with Gasteiger partial charge in [0.25, 0.3) is 0 Å². The van der Waals surface area contributed by atoms with E-state index in [1.165, 1.54) is 7.11 Å². The maximum absolute atomic E-state index is 12.0. The van der Waals surface area contributed by atoms with Gasteiger partial charge < -0.3 is 10.1 Å². The number of amides is 1. The quantitative estimate of drug-likeness (QED) is 0.757. The van der Waals surface area contributed by atoms with E-state index in [4.69, 9.17) is 16.3 Å². The average molecular weight is 349 g/mol. The number of benzene rings is 1. The third-order valence-electron chi connectivity index (χ3n) is 2.96. The van der Waals surface area contributed by atoms with E-state index in [9.17, 15) is 13.2 Å². The standard InChI is InChI=1S/C14H21ClN2O4S/c1-10-7-11(2)14(12(15)8-10)17(22(4,19)20)9-13(18)16-5-6-21-3/h7-8H,5-6,9H2,1-4H3,(H,16,18). The Labute approximate surface area is 136 Å². The van der Waals surface area contributed by atoms with E-state index < -0.39 is 15.9 Å². The molecule has 0 saturated carbocycles. The van der Waals surface area contributed by atoms with Crippen LogP contribution < -0.4 is 9.62 Å². The number of nitrogens with one attached hydrogen (secondary N) is 1. The van der Waals surface area contributed by atoms with Gasteiger partial charge in [0.15, 0.2) is 0 Å². The molecule has 0 spiro atoms. The molecule has 1 amide bonds. The van der Waals surface area contributed by atoms with Gasteiger partial charge in [-0.25, -0.2) is 8.42 Å². The highest BCUT2D eigenvalue weighted by Crippen LogP contribution is 2.32. The van der Waals surface area contributed by atoms with E-state index in [1.807, 2.05) is 13.0 Å². The maximum Gasteiger partial charge on any atom is 0.240 e. The van der Waals surface area contributed by atoms with Gasteiger partial charge in [-0.2, -0.15) is 0 Å². The largest absolute Gasteiger partial charge is 0.383 e. The van der Waals surface area contributed by atoms with Gasteiger partial charge in [-0.1, -0.05) is 17.7 Å². The zero-order valence-electron chi connectivity index (χ0n) is 13.1. The SMILES string of the molecule is COCCNC(=O)CN(c1c(C)cc(C)cc1Cl)S(C)(=O)=O. The second-order valence-corrected chi connectivity index (χ2v) is 7.34. The average Bonchev–Trinajstić information content (AvgIpc) is 2.35. The van der Waals surface area contributed by atoms with E-state index in [1.54, 1.807) is 13.0 Å². The van der Waals surface area contributed by atoms with Crippen LogP contribution in [-0.4, -0.2) is 47.4 Å². The Balaban J connectivity index is 3.09. The monoisotopic (exact) mass is 348 g/mol. The van der Waals surface area contributed by atoms with Crippen molar-refractivity contribution in [1.82, 2.24) is 5.32 Å². The molecule has 1 rings (SSSR count). The summed E-state index contributed by atoms with van der Waals surface area (Å²) in [6, 6.07) is 3.49. The fourth-order valence-electron chi connectivity index (χ4n) is 2.06. The molecular weight excluding hydrogens is 328 g/mol. The molecule has 0 atom stereocenters. The van der Waals surface area contributed by atoms with Crippen LogP contribution in [-0.2, 0) is 19.6 Å². The van der Waals surface area contributed by atoms with Crippen LogP contribution in [0.1, 0.15) is 11.1 Å². The summed E-state index contributed by atoms with van der Waals surface area (Å²) in [7, 11) is -2.13. The molecule has 22 heavy (non-hydrogen) atoms. The van der Waals surface area contributed by atoms with Crippen molar-refractivity contribution in [2.24, 2.45) is 0 Å². The molecule has 0 aliphatic carbocycles. The number of carbonyl (C=O) groups excluding carboxylic acids is 1. The maximum atomic E-state index is 12.0. The third-order valence-corrected chi connectivity index (χ3v) is 4.36. The Morgan fingerprint density at radius 2 is 2.00 bits per heavy atom. The number of hydrogen-bond acceptors (Lipinski definition) is 4. The highest BCUT2D eigenvalue weighted by molar-refractivity contribution is 7.92. The first-order valence-corrected chi connectivity index (χ1v) is 8.89. The van der Waals surface area contributed by atoms with Crippen LogP contribution in [0.3, 0.4) is 0 Å². The van der Waals surface area contributed by atoms with Crippen molar-refractivity contribution in [2.45, 2.75) is 13.8 Å². The number of halogens is 1. The predicted octanol–water partition coefficient (Wildman–Crippen LogP) is 1.49. The molecule has 8 heteroatoms. The first-order chi connectivity index (χ1) is 10.2. The minimum absolute atomic E-state index is 0.299. The lowest BCUT2D eigenvalue weighted by Gasteiger charge is -2.25. The van der Waals surface area contributed by atoms with Crippen LogP contribution >= 0.6 is 11.6 Å². The number of anilines is 1. The van der Waals surface area contributed by atoms with Crippen molar-refractivity contribution in [3.63, 3.8) is 0 Å². The molecular formula is C14H21ClN2O4S. The smallest absolute Gasteiger partial charge is 0.240 e. The van der Waals surface area contributed by atoms with Crippen molar-refractivity contribution >= 4 is 33.2 Å². The summed E-state index contributed by atoms with van der Waals surface area (Å²) in [5.74, 6) is -0.418. The number of sulfonamides is 1. The van der Waals surface area contributed by atoms with Gasteiger partial charge in [0.2, 0.25) is 15.9 Å². The molecule has 0 aliphatic heterocycles. The highest BCUT2D eigenvalue weighted by atomic mass is 35.5. The van der Waals surface area contributed by atoms with E-state index in [0.717, 1.165) is 16.1 Å².